The zero-order valence-electron chi connectivity index (χ0n) is 17.7. The summed E-state index contributed by atoms with van der Waals surface area (Å²) in [6, 6.07) is 16.3. The van der Waals surface area contributed by atoms with E-state index in [4.69, 9.17) is 4.74 Å². The molecule has 0 atom stereocenters. The molecule has 3 aromatic rings. The Labute approximate surface area is 176 Å². The van der Waals surface area contributed by atoms with Crippen LogP contribution in [0, 0.1) is 6.92 Å². The predicted molar refractivity (Wildman–Crippen MR) is 118 cm³/mol. The van der Waals surface area contributed by atoms with Crippen molar-refractivity contribution in [3.05, 3.63) is 76.0 Å². The number of para-hydroxylation sites is 2. The van der Waals surface area contributed by atoms with Gasteiger partial charge in [0.2, 0.25) is 0 Å². The average molecular weight is 408 g/mol. The molecule has 0 spiro atoms. The van der Waals surface area contributed by atoms with Gasteiger partial charge in [0.15, 0.2) is 0 Å². The van der Waals surface area contributed by atoms with E-state index in [9.17, 15) is 4.79 Å². The smallest absolute Gasteiger partial charge is 0.343 e. The number of piperazine rings is 1. The average Bonchev–Trinajstić information content (AvgIpc) is 3.13. The Morgan fingerprint density at radius 3 is 2.53 bits per heavy atom. The topological polar surface area (TPSA) is 66.4 Å². The third kappa shape index (κ3) is 4.41. The molecule has 1 saturated heterocycles. The molecule has 0 aliphatic carbocycles. The number of nitrogens with one attached hydrogen (secondary N) is 1. The first-order chi connectivity index (χ1) is 14.7. The summed E-state index contributed by atoms with van der Waals surface area (Å²) >= 11 is 0. The van der Waals surface area contributed by atoms with Crippen LogP contribution >= 0.6 is 0 Å². The van der Waals surface area contributed by atoms with Crippen molar-refractivity contribution in [2.75, 3.05) is 44.7 Å². The minimum atomic E-state index is -0.144. The lowest BCUT2D eigenvalue weighted by Gasteiger charge is -2.36. The van der Waals surface area contributed by atoms with E-state index in [-0.39, 0.29) is 5.69 Å². The largest absolute Gasteiger partial charge is 0.495 e. The fraction of sp³-hybridized carbons (Fsp3) is 0.391. The van der Waals surface area contributed by atoms with Crippen molar-refractivity contribution < 1.29 is 4.74 Å². The second-order valence-corrected chi connectivity index (χ2v) is 7.71. The lowest BCUT2D eigenvalue weighted by atomic mass is 10.1. The maximum Gasteiger partial charge on any atom is 0.343 e. The number of nitrogens with zero attached hydrogens (tertiary/aromatic N) is 4. The van der Waals surface area contributed by atoms with Gasteiger partial charge in [-0.3, -0.25) is 9.47 Å². The SMILES string of the molecule is COc1ccccc1N1CCN(CCc2n[nH]c(=O)n2Cc2ccccc2C)CC1. The molecule has 1 aromatic heterocycles. The Hall–Kier alpha value is -3.06. The lowest BCUT2D eigenvalue weighted by molar-refractivity contribution is 0.257. The molecule has 1 N–H and O–H groups in total. The van der Waals surface area contributed by atoms with E-state index < -0.39 is 0 Å². The van der Waals surface area contributed by atoms with Crippen LogP contribution in [-0.4, -0.2) is 59.5 Å². The molecule has 2 aromatic carbocycles. The molecule has 1 aliphatic rings. The Balaban J connectivity index is 1.35. The molecule has 0 unspecified atom stereocenters. The van der Waals surface area contributed by atoms with Crippen molar-refractivity contribution >= 4 is 5.69 Å². The van der Waals surface area contributed by atoms with Crippen LogP contribution in [0.1, 0.15) is 17.0 Å². The van der Waals surface area contributed by atoms with Crippen LogP contribution in [0.2, 0.25) is 0 Å². The monoisotopic (exact) mass is 407 g/mol. The molecule has 0 amide bonds. The van der Waals surface area contributed by atoms with Crippen molar-refractivity contribution in [1.82, 2.24) is 19.7 Å². The molecule has 30 heavy (non-hydrogen) atoms. The zero-order valence-corrected chi connectivity index (χ0v) is 17.7. The van der Waals surface area contributed by atoms with Crippen LogP contribution in [0.15, 0.2) is 53.3 Å². The van der Waals surface area contributed by atoms with Crippen LogP contribution in [-0.2, 0) is 13.0 Å². The van der Waals surface area contributed by atoms with E-state index in [0.29, 0.717) is 6.54 Å². The minimum absolute atomic E-state index is 0.144. The van der Waals surface area contributed by atoms with Crippen LogP contribution in [0.25, 0.3) is 0 Å². The Kier molecular flexibility index (Phi) is 6.18. The number of H-pyrrole nitrogens is 1. The van der Waals surface area contributed by atoms with Gasteiger partial charge in [0.25, 0.3) is 0 Å². The summed E-state index contributed by atoms with van der Waals surface area (Å²) in [5, 5.41) is 6.91. The van der Waals surface area contributed by atoms with Gasteiger partial charge in [0.1, 0.15) is 11.6 Å². The van der Waals surface area contributed by atoms with Gasteiger partial charge in [0, 0.05) is 39.1 Å². The van der Waals surface area contributed by atoms with Gasteiger partial charge in [-0.1, -0.05) is 36.4 Å². The highest BCUT2D eigenvalue weighted by Crippen LogP contribution is 2.28. The van der Waals surface area contributed by atoms with E-state index in [2.05, 4.69) is 51.2 Å². The molecular formula is C23H29N5O2. The maximum absolute atomic E-state index is 12.3. The van der Waals surface area contributed by atoms with Crippen LogP contribution < -0.4 is 15.3 Å². The Morgan fingerprint density at radius 1 is 1.03 bits per heavy atom. The van der Waals surface area contributed by atoms with Crippen molar-refractivity contribution in [2.45, 2.75) is 19.9 Å². The van der Waals surface area contributed by atoms with Gasteiger partial charge < -0.3 is 9.64 Å². The fourth-order valence-corrected chi connectivity index (χ4v) is 4.02. The van der Waals surface area contributed by atoms with E-state index >= 15 is 0 Å². The molecule has 1 aliphatic heterocycles. The molecule has 7 nitrogen and oxygen atoms in total. The van der Waals surface area contributed by atoms with Crippen molar-refractivity contribution in [3.8, 4) is 5.75 Å². The number of hydrogen-bond donors (Lipinski definition) is 1. The first kappa shape index (κ1) is 20.2. The van der Waals surface area contributed by atoms with Gasteiger partial charge in [-0.15, -0.1) is 0 Å². The molecule has 158 valence electrons. The highest BCUT2D eigenvalue weighted by atomic mass is 16.5. The zero-order chi connectivity index (χ0) is 20.9. The molecule has 2 heterocycles. The number of aromatic nitrogens is 3. The van der Waals surface area contributed by atoms with Crippen LogP contribution in [0.5, 0.6) is 5.75 Å². The van der Waals surface area contributed by atoms with E-state index in [0.717, 1.165) is 62.0 Å². The van der Waals surface area contributed by atoms with E-state index in [1.165, 1.54) is 5.56 Å². The van der Waals surface area contributed by atoms with Gasteiger partial charge in [0.05, 0.1) is 19.3 Å². The number of anilines is 1. The highest BCUT2D eigenvalue weighted by molar-refractivity contribution is 5.58. The predicted octanol–water partition coefficient (Wildman–Crippen LogP) is 2.30. The van der Waals surface area contributed by atoms with Gasteiger partial charge >= 0.3 is 5.69 Å². The van der Waals surface area contributed by atoms with Crippen molar-refractivity contribution in [1.29, 1.82) is 0 Å². The summed E-state index contributed by atoms with van der Waals surface area (Å²) in [5.74, 6) is 1.73. The van der Waals surface area contributed by atoms with Gasteiger partial charge in [-0.25, -0.2) is 9.89 Å². The molecule has 0 bridgehead atoms. The van der Waals surface area contributed by atoms with Crippen molar-refractivity contribution in [2.24, 2.45) is 0 Å². The second kappa shape index (κ2) is 9.17. The number of ether oxygens (including phenoxy) is 1. The number of methoxy groups -OCH3 is 1. The number of rotatable bonds is 7. The van der Waals surface area contributed by atoms with Crippen molar-refractivity contribution in [3.63, 3.8) is 0 Å². The summed E-state index contributed by atoms with van der Waals surface area (Å²) in [7, 11) is 1.72. The Morgan fingerprint density at radius 2 is 1.77 bits per heavy atom. The summed E-state index contributed by atoms with van der Waals surface area (Å²) in [6.45, 7) is 7.38. The first-order valence-electron chi connectivity index (χ1n) is 10.4. The summed E-state index contributed by atoms with van der Waals surface area (Å²) in [6.07, 6.45) is 0.749. The summed E-state index contributed by atoms with van der Waals surface area (Å²) < 4.78 is 7.26. The standard InChI is InChI=1S/C23H29N5O2/c1-18-7-3-4-8-19(18)17-28-22(24-25-23(28)29)11-12-26-13-15-27(16-14-26)20-9-5-6-10-21(20)30-2/h3-10H,11-17H2,1-2H3,(H,25,29). The lowest BCUT2D eigenvalue weighted by Crippen LogP contribution is -2.47. The molecular weight excluding hydrogens is 378 g/mol. The molecule has 0 saturated carbocycles. The second-order valence-electron chi connectivity index (χ2n) is 7.71. The molecule has 0 radical (unpaired) electrons. The van der Waals surface area contributed by atoms with Gasteiger partial charge in [-0.2, -0.15) is 5.10 Å². The maximum atomic E-state index is 12.3. The number of aromatic amines is 1. The van der Waals surface area contributed by atoms with Gasteiger partial charge in [-0.05, 0) is 30.2 Å². The van der Waals surface area contributed by atoms with Crippen LogP contribution in [0.3, 0.4) is 0 Å². The molecule has 1 fully saturated rings. The third-order valence-electron chi connectivity index (χ3n) is 5.88. The van der Waals surface area contributed by atoms with Crippen LogP contribution in [0.4, 0.5) is 5.69 Å². The fourth-order valence-electron chi connectivity index (χ4n) is 4.02. The number of aryl methyl sites for hydroxylation is 1. The number of hydrogen-bond acceptors (Lipinski definition) is 5. The van der Waals surface area contributed by atoms with E-state index in [1.807, 2.05) is 24.3 Å². The molecule has 4 rings (SSSR count). The summed E-state index contributed by atoms with van der Waals surface area (Å²) in [4.78, 5) is 17.1. The van der Waals surface area contributed by atoms with E-state index in [1.54, 1.807) is 11.7 Å². The minimum Gasteiger partial charge on any atom is -0.495 e. The normalized spacial score (nSPS) is 14.8. The molecule has 7 heteroatoms. The highest BCUT2D eigenvalue weighted by Gasteiger charge is 2.20. The summed E-state index contributed by atoms with van der Waals surface area (Å²) in [5.41, 5.74) is 3.34. The quantitative estimate of drug-likeness (QED) is 0.651. The Bertz CT molecular complexity index is 1030. The first-order valence-corrected chi connectivity index (χ1v) is 10.4. The number of benzene rings is 2. The third-order valence-corrected chi connectivity index (χ3v) is 5.88.